The molecule has 25 atom stereocenters. The van der Waals surface area contributed by atoms with Crippen molar-refractivity contribution in [3.05, 3.63) is 87.7 Å². The predicted molar refractivity (Wildman–Crippen MR) is 455 cm³/mol. The highest BCUT2D eigenvalue weighted by atomic mass is 19.1. The first kappa shape index (κ1) is 90.6. The zero-order chi connectivity index (χ0) is 83.1. The van der Waals surface area contributed by atoms with Crippen LogP contribution in [0.3, 0.4) is 0 Å². The van der Waals surface area contributed by atoms with Crippen LogP contribution >= 0.6 is 0 Å². The number of hydrogen-bond donors (Lipinski definition) is 7. The number of methoxy groups -OCH3 is 1. The molecule has 19 nitrogen and oxygen atoms in total. The van der Waals surface area contributed by atoms with E-state index >= 15 is 0 Å². The number of nitrogens with two attached hydrogens (primary N) is 4. The minimum atomic E-state index is -0.728. The van der Waals surface area contributed by atoms with Gasteiger partial charge in [-0.05, 0) is 249 Å². The molecule has 21 heteroatoms. The number of carbonyl (C=O) groups is 5. The van der Waals surface area contributed by atoms with Gasteiger partial charge < -0.3 is 66.3 Å². The number of alkyl halides is 2. The summed E-state index contributed by atoms with van der Waals surface area (Å²) in [6.07, 6.45) is 33.3. The van der Waals surface area contributed by atoms with Crippen LogP contribution in [0.15, 0.2) is 65.7 Å². The summed E-state index contributed by atoms with van der Waals surface area (Å²) in [6.45, 7) is 27.2. The number of aryl methyl sites for hydroxylation is 2. The molecule has 25 unspecified atom stereocenters. The molecular formula is C94H145F2N9O10. The molecule has 0 bridgehead atoms. The third-order valence-electron chi connectivity index (χ3n) is 28.7. The lowest BCUT2D eigenvalue weighted by molar-refractivity contribution is -0.149. The van der Waals surface area contributed by atoms with Crippen molar-refractivity contribution >= 4 is 69.9 Å². The first-order chi connectivity index (χ1) is 54.9. The first-order valence-corrected chi connectivity index (χ1v) is 44.7. The molecule has 115 heavy (non-hydrogen) atoms. The van der Waals surface area contributed by atoms with Crippen molar-refractivity contribution in [2.75, 3.05) is 32.2 Å². The molecule has 11 fully saturated rings. The van der Waals surface area contributed by atoms with Crippen LogP contribution in [0.25, 0.3) is 34.5 Å². The van der Waals surface area contributed by atoms with Crippen LogP contribution in [0.2, 0.25) is 0 Å². The maximum Gasteiger partial charge on any atom is 0.310 e. The number of halogens is 2. The fraction of sp³-hybridized carbons (Fsp3) is 0.723. The summed E-state index contributed by atoms with van der Waals surface area (Å²) in [6, 6.07) is 16.0. The number of nitrogens with zero attached hydrogens (tertiary/aromatic N) is 2. The molecule has 0 radical (unpaired) electrons. The van der Waals surface area contributed by atoms with Crippen LogP contribution < -0.4 is 44.6 Å². The van der Waals surface area contributed by atoms with Crippen molar-refractivity contribution in [1.82, 2.24) is 19.1 Å². The highest BCUT2D eigenvalue weighted by Crippen LogP contribution is 2.57. The topological polar surface area (TPSA) is 297 Å². The van der Waals surface area contributed by atoms with Crippen molar-refractivity contribution in [2.24, 2.45) is 148 Å². The summed E-state index contributed by atoms with van der Waals surface area (Å²) in [7, 11) is 3.37. The molecule has 3 aromatic heterocycles. The third kappa shape index (κ3) is 23.0. The highest BCUT2D eigenvalue weighted by molar-refractivity contribution is 6.02. The number of fused-ring (bicyclic) bond motifs is 9. The Bertz CT molecular complexity index is 4090. The maximum atomic E-state index is 13.3. The van der Waals surface area contributed by atoms with Crippen LogP contribution in [0.4, 0.5) is 14.5 Å². The minimum absolute atomic E-state index is 0.00860. The van der Waals surface area contributed by atoms with Crippen molar-refractivity contribution in [1.29, 1.82) is 0 Å². The fourth-order valence-electron chi connectivity index (χ4n) is 23.0. The lowest BCUT2D eigenvalue weighted by Gasteiger charge is -2.37. The number of nitrogens with one attached hydrogen (secondary N) is 3. The summed E-state index contributed by atoms with van der Waals surface area (Å²) in [5, 5.41) is 5.78. The average Bonchev–Trinajstić information content (AvgIpc) is 1.61. The van der Waals surface area contributed by atoms with Crippen LogP contribution in [0.1, 0.15) is 242 Å². The number of para-hydroxylation sites is 2. The largest absolute Gasteiger partial charge is 0.469 e. The van der Waals surface area contributed by atoms with E-state index in [0.29, 0.717) is 98.3 Å². The minimum Gasteiger partial charge on any atom is -0.469 e. The van der Waals surface area contributed by atoms with E-state index in [1.165, 1.54) is 76.8 Å². The number of aromatic nitrogens is 4. The Morgan fingerprint density at radius 2 is 0.991 bits per heavy atom. The van der Waals surface area contributed by atoms with E-state index in [1.54, 1.807) is 32.6 Å². The van der Waals surface area contributed by atoms with Gasteiger partial charge in [0.25, 0.3) is 5.56 Å². The van der Waals surface area contributed by atoms with Gasteiger partial charge in [0, 0.05) is 83.9 Å². The number of esters is 4. The Balaban J connectivity index is 0.000000142. The molecule has 3 heterocycles. The van der Waals surface area contributed by atoms with Crippen LogP contribution in [-0.4, -0.2) is 112 Å². The Labute approximate surface area is 684 Å². The molecule has 1 amide bonds. The quantitative estimate of drug-likeness (QED) is 0.0452. The second kappa shape index (κ2) is 41.8. The Morgan fingerprint density at radius 1 is 0.530 bits per heavy atom. The van der Waals surface area contributed by atoms with Gasteiger partial charge in [-0.25, -0.2) is 8.78 Å². The van der Waals surface area contributed by atoms with Crippen LogP contribution in [0.5, 0.6) is 0 Å². The van der Waals surface area contributed by atoms with Gasteiger partial charge in [0.15, 0.2) is 0 Å². The Hall–Kier alpha value is -6.68. The summed E-state index contributed by atoms with van der Waals surface area (Å²) >= 11 is 0. The molecule has 16 rings (SSSR count). The summed E-state index contributed by atoms with van der Waals surface area (Å²) in [4.78, 5) is 75.9. The second-order valence-corrected chi connectivity index (χ2v) is 37.9. The lowest BCUT2D eigenvalue weighted by Crippen LogP contribution is -2.39. The SMILES string of the molecule is C=c1[nH]c(=O)/c(=C\c2cn(CCC)c3ccccc23)[nH]1.CC1CCC2CC3C(C)CCCC3C2C1.CCOC(=O)C1CC2CCC(C)CC2C1N.CCOC(=O)C1CC2CCC(F)CC2C1N.CCOC(=O)C1CC2CCCCC2C1N.COC(=O)C1CC2CCC(F)CC2C1N.Cn1cc(NC(=O)CC(C)(C)C)c2ccccc21. The number of H-pyrrole nitrogens is 2. The van der Waals surface area contributed by atoms with E-state index in [-0.39, 0.29) is 100 Å². The third-order valence-corrected chi connectivity index (χ3v) is 28.7. The average molecular weight is 1600 g/mol. The van der Waals surface area contributed by atoms with Crippen molar-refractivity contribution in [2.45, 2.75) is 279 Å². The molecule has 0 aliphatic heterocycles. The van der Waals surface area contributed by atoms with E-state index in [2.05, 4.69) is 99.3 Å². The number of hydrogen-bond acceptors (Lipinski definition) is 14. The van der Waals surface area contributed by atoms with E-state index in [4.69, 9.17) is 41.9 Å². The highest BCUT2D eigenvalue weighted by Gasteiger charge is 2.52. The molecule has 0 spiro atoms. The number of benzene rings is 2. The zero-order valence-electron chi connectivity index (χ0n) is 71.7. The smallest absolute Gasteiger partial charge is 0.310 e. The number of amides is 1. The van der Waals surface area contributed by atoms with E-state index in [1.807, 2.05) is 68.1 Å². The van der Waals surface area contributed by atoms with Gasteiger partial charge in [-0.3, -0.25) is 28.8 Å². The molecule has 0 saturated heterocycles. The van der Waals surface area contributed by atoms with Crippen molar-refractivity contribution < 1.29 is 51.7 Å². The van der Waals surface area contributed by atoms with E-state index in [0.717, 1.165) is 120 Å². The first-order valence-electron chi connectivity index (χ1n) is 44.7. The monoisotopic (exact) mass is 1600 g/mol. The van der Waals surface area contributed by atoms with Gasteiger partial charge in [-0.15, -0.1) is 0 Å². The molecule has 2 aromatic carbocycles. The maximum absolute atomic E-state index is 13.3. The van der Waals surface area contributed by atoms with Crippen LogP contribution in [-0.2, 0) is 56.5 Å². The number of aromatic amines is 2. The van der Waals surface area contributed by atoms with Gasteiger partial charge >= 0.3 is 23.9 Å². The van der Waals surface area contributed by atoms with Gasteiger partial charge in [0.1, 0.15) is 23.2 Å². The van der Waals surface area contributed by atoms with Gasteiger partial charge in [-0.1, -0.05) is 136 Å². The summed E-state index contributed by atoms with van der Waals surface area (Å²) in [5.74, 6) is 10.1. The molecule has 640 valence electrons. The predicted octanol–water partition coefficient (Wildman–Crippen LogP) is 15.9. The Kier molecular flexibility index (Phi) is 33.0. The standard InChI is InChI=1S/C16H17N3O.C15H20N2O.C15H26.C13H23NO2.C12H20FNO2.C12H21NO2.C11H18FNO2/c1-3-8-19-10-12(13-6-4-5-7-15(13)19)9-14-16(20)18-11(2)17-14;1-15(2,3)9-14(18)16-12-10-17(4)13-8-6-5-7-11(12)13;1-10-6-7-12-9-14-11(2)4-3-5-13(14)15(12)8-10;1-3-16-13(15)11-7-9-5-4-8(2)6-10(9)12(11)14;1-2-16-12(15)10-5-7-3-4-8(13)6-9(7)11(10)14;1-2-15-12(14)10-7-8-5-3-4-6-9(8)11(10)13;1-15-11(14)9-4-6-2-3-7(12)5-8(6)10(9)13/h4-7,9-10,17H,2-3,8H2,1H3,(H,18,20);5-8,10H,9H2,1-4H3,(H,16,18);10-15H,3-9H2,1-2H3;8-12H,3-7,14H2,1-2H3;7-11H,2-6,14H2,1H3;8-11H,2-7,13H2,1H3;6-10H,2-5,13H2,1H3/b14-9+;;;;;;. The molecule has 11 saturated carbocycles. The van der Waals surface area contributed by atoms with Crippen molar-refractivity contribution in [3.63, 3.8) is 0 Å². The molecule has 5 aromatic rings. The van der Waals surface area contributed by atoms with Crippen molar-refractivity contribution in [3.8, 4) is 0 Å². The van der Waals surface area contributed by atoms with Gasteiger partial charge in [0.05, 0.1) is 56.3 Å². The number of ether oxygens (including phenoxy) is 4. The summed E-state index contributed by atoms with van der Waals surface area (Å²) < 4.78 is 50.7. The van der Waals surface area contributed by atoms with Gasteiger partial charge in [-0.2, -0.15) is 0 Å². The summed E-state index contributed by atoms with van der Waals surface area (Å²) in [5.41, 5.74) is 29.1. The molecular weight excluding hydrogens is 1450 g/mol. The van der Waals surface area contributed by atoms with E-state index < -0.39 is 12.3 Å². The lowest BCUT2D eigenvalue weighted by atomic mass is 9.69. The number of anilines is 1. The number of carbonyl (C=O) groups excluding carboxylic acids is 5. The van der Waals surface area contributed by atoms with Crippen LogP contribution in [0, 0.1) is 118 Å². The Morgan fingerprint density at radius 3 is 1.50 bits per heavy atom. The molecule has 11 N–H and O–H groups in total. The second-order valence-electron chi connectivity index (χ2n) is 37.9. The fourth-order valence-corrected chi connectivity index (χ4v) is 23.0. The number of rotatable bonds is 12. The van der Waals surface area contributed by atoms with Gasteiger partial charge in [0.2, 0.25) is 5.91 Å². The number of imidazole rings is 1. The normalized spacial score (nSPS) is 34.1. The molecule has 11 aliphatic rings. The van der Waals surface area contributed by atoms with E-state index in [9.17, 15) is 37.5 Å². The molecule has 11 aliphatic carbocycles. The zero-order valence-corrected chi connectivity index (χ0v) is 71.7.